The summed E-state index contributed by atoms with van der Waals surface area (Å²) in [4.78, 5) is 0. The average Bonchev–Trinajstić information content (AvgIpc) is 2.76. The predicted molar refractivity (Wildman–Crippen MR) is 115 cm³/mol. The second-order valence-corrected chi connectivity index (χ2v) is 7.53. The second-order valence-electron chi connectivity index (χ2n) is 7.53. The summed E-state index contributed by atoms with van der Waals surface area (Å²) in [5, 5.41) is 10.8. The number of ether oxygens (including phenoxy) is 4. The van der Waals surface area contributed by atoms with Crippen LogP contribution in [0.4, 0.5) is 0 Å². The maximum atomic E-state index is 10.8. The van der Waals surface area contributed by atoms with Gasteiger partial charge in [-0.05, 0) is 66.5 Å². The molecule has 0 amide bonds. The molecular weight excluding hydrogens is 368 g/mol. The van der Waals surface area contributed by atoms with Gasteiger partial charge in [0.25, 0.3) is 0 Å². The molecule has 0 heterocycles. The van der Waals surface area contributed by atoms with Crippen LogP contribution in [0.15, 0.2) is 36.4 Å². The highest BCUT2D eigenvalue weighted by Crippen LogP contribution is 2.31. The van der Waals surface area contributed by atoms with Crippen molar-refractivity contribution in [1.82, 2.24) is 0 Å². The number of rotatable bonds is 11. The number of aliphatic hydroxyl groups excluding tert-OH is 1. The number of aryl methyl sites for hydroxylation is 1. The molecule has 0 spiro atoms. The van der Waals surface area contributed by atoms with Gasteiger partial charge in [0, 0.05) is 0 Å². The van der Waals surface area contributed by atoms with Gasteiger partial charge in [-0.25, -0.2) is 0 Å². The smallest absolute Gasteiger partial charge is 0.160 e. The van der Waals surface area contributed by atoms with Crippen LogP contribution in [0.3, 0.4) is 0 Å². The molecule has 5 nitrogen and oxygen atoms in total. The van der Waals surface area contributed by atoms with E-state index in [-0.39, 0.29) is 5.92 Å². The van der Waals surface area contributed by atoms with E-state index < -0.39 is 6.10 Å². The minimum Gasteiger partial charge on any atom is -0.493 e. The molecule has 0 aliphatic carbocycles. The Morgan fingerprint density at radius 2 is 1.21 bits per heavy atom. The highest BCUT2D eigenvalue weighted by molar-refractivity contribution is 5.43. The van der Waals surface area contributed by atoms with Gasteiger partial charge in [0.05, 0.1) is 34.5 Å². The van der Waals surface area contributed by atoms with Gasteiger partial charge in [-0.3, -0.25) is 0 Å². The fourth-order valence-corrected chi connectivity index (χ4v) is 3.51. The summed E-state index contributed by atoms with van der Waals surface area (Å²) in [5.41, 5.74) is 2.24. The van der Waals surface area contributed by atoms with Crippen LogP contribution < -0.4 is 18.9 Å². The summed E-state index contributed by atoms with van der Waals surface area (Å²) in [6, 6.07) is 11.8. The highest BCUT2D eigenvalue weighted by Gasteiger charge is 2.22. The highest BCUT2D eigenvalue weighted by atomic mass is 16.5. The first-order valence-electron chi connectivity index (χ1n) is 10.0. The SMILES string of the molecule is COc1ccc(CC[C@H](C)[C@H](C)[C@H](O)Cc2ccc(OC)c(OC)c2)cc1OC. The first kappa shape index (κ1) is 22.9. The summed E-state index contributed by atoms with van der Waals surface area (Å²) in [6.07, 6.45) is 2.07. The number of hydrogen-bond donors (Lipinski definition) is 1. The molecule has 0 fully saturated rings. The van der Waals surface area contributed by atoms with Gasteiger partial charge in [-0.1, -0.05) is 26.0 Å². The van der Waals surface area contributed by atoms with Crippen LogP contribution in [0.1, 0.15) is 31.4 Å². The molecule has 3 atom stereocenters. The third kappa shape index (κ3) is 6.04. The molecular formula is C24H34O5. The van der Waals surface area contributed by atoms with E-state index in [4.69, 9.17) is 18.9 Å². The number of hydrogen-bond acceptors (Lipinski definition) is 5. The molecule has 0 bridgehead atoms. The maximum absolute atomic E-state index is 10.8. The minimum atomic E-state index is -0.423. The molecule has 5 heteroatoms. The normalized spacial score (nSPS) is 14.0. The van der Waals surface area contributed by atoms with E-state index in [0.29, 0.717) is 23.8 Å². The van der Waals surface area contributed by atoms with Crippen molar-refractivity contribution in [1.29, 1.82) is 0 Å². The maximum Gasteiger partial charge on any atom is 0.160 e. The third-order valence-electron chi connectivity index (χ3n) is 5.73. The summed E-state index contributed by atoms with van der Waals surface area (Å²) < 4.78 is 21.3. The van der Waals surface area contributed by atoms with Gasteiger partial charge in [-0.15, -0.1) is 0 Å². The van der Waals surface area contributed by atoms with Gasteiger partial charge >= 0.3 is 0 Å². The Morgan fingerprint density at radius 3 is 1.72 bits per heavy atom. The van der Waals surface area contributed by atoms with Crippen molar-refractivity contribution in [2.45, 2.75) is 39.2 Å². The van der Waals surface area contributed by atoms with Crippen molar-refractivity contribution in [2.24, 2.45) is 11.8 Å². The Balaban J connectivity index is 1.94. The zero-order valence-electron chi connectivity index (χ0n) is 18.4. The van der Waals surface area contributed by atoms with Gasteiger partial charge in [0.2, 0.25) is 0 Å². The van der Waals surface area contributed by atoms with E-state index in [0.717, 1.165) is 29.9 Å². The molecule has 0 saturated carbocycles. The van der Waals surface area contributed by atoms with Crippen LogP contribution in [0.2, 0.25) is 0 Å². The second kappa shape index (κ2) is 11.0. The number of aliphatic hydroxyl groups is 1. The van der Waals surface area contributed by atoms with Crippen molar-refractivity contribution >= 4 is 0 Å². The molecule has 2 aromatic rings. The fourth-order valence-electron chi connectivity index (χ4n) is 3.51. The lowest BCUT2D eigenvalue weighted by Gasteiger charge is -2.25. The van der Waals surface area contributed by atoms with Crippen molar-refractivity contribution in [2.75, 3.05) is 28.4 Å². The lowest BCUT2D eigenvalue weighted by molar-refractivity contribution is 0.0848. The fraction of sp³-hybridized carbons (Fsp3) is 0.500. The van der Waals surface area contributed by atoms with Gasteiger partial charge in [0.1, 0.15) is 0 Å². The predicted octanol–water partition coefficient (Wildman–Crippen LogP) is 4.53. The monoisotopic (exact) mass is 402 g/mol. The largest absolute Gasteiger partial charge is 0.493 e. The Kier molecular flexibility index (Phi) is 8.65. The zero-order chi connectivity index (χ0) is 21.4. The minimum absolute atomic E-state index is 0.170. The van der Waals surface area contributed by atoms with E-state index in [1.165, 1.54) is 5.56 Å². The lowest BCUT2D eigenvalue weighted by Crippen LogP contribution is -2.26. The van der Waals surface area contributed by atoms with Crippen molar-refractivity contribution in [3.63, 3.8) is 0 Å². The molecule has 2 aromatic carbocycles. The van der Waals surface area contributed by atoms with Crippen LogP contribution in [0.25, 0.3) is 0 Å². The van der Waals surface area contributed by atoms with Crippen LogP contribution in [-0.2, 0) is 12.8 Å². The summed E-state index contributed by atoms with van der Waals surface area (Å²) in [6.45, 7) is 4.31. The number of benzene rings is 2. The Hall–Kier alpha value is -2.40. The molecule has 160 valence electrons. The summed E-state index contributed by atoms with van der Waals surface area (Å²) in [5.74, 6) is 3.41. The van der Waals surface area contributed by atoms with E-state index >= 15 is 0 Å². The van der Waals surface area contributed by atoms with Crippen molar-refractivity contribution in [3.8, 4) is 23.0 Å². The molecule has 29 heavy (non-hydrogen) atoms. The van der Waals surface area contributed by atoms with Gasteiger partial charge in [0.15, 0.2) is 23.0 Å². The topological polar surface area (TPSA) is 57.2 Å². The van der Waals surface area contributed by atoms with Crippen molar-refractivity contribution < 1.29 is 24.1 Å². The standard InChI is InChI=1S/C24H34O5/c1-16(7-8-18-9-11-21(26-3)23(14-18)28-5)17(2)20(25)13-19-10-12-22(27-4)24(15-19)29-6/h9-12,14-17,20,25H,7-8,13H2,1-6H3/t16-,17-,20+/m0/s1. The van der Waals surface area contributed by atoms with Crippen molar-refractivity contribution in [3.05, 3.63) is 47.5 Å². The Bertz CT molecular complexity index is 774. The molecule has 2 rings (SSSR count). The van der Waals surface area contributed by atoms with Crippen LogP contribution >= 0.6 is 0 Å². The molecule has 0 saturated heterocycles. The van der Waals surface area contributed by atoms with E-state index in [9.17, 15) is 5.11 Å². The third-order valence-corrected chi connectivity index (χ3v) is 5.73. The summed E-state index contributed by atoms with van der Waals surface area (Å²) in [7, 11) is 6.53. The molecule has 0 radical (unpaired) electrons. The van der Waals surface area contributed by atoms with Gasteiger partial charge in [-0.2, -0.15) is 0 Å². The van der Waals surface area contributed by atoms with E-state index in [1.807, 2.05) is 30.3 Å². The van der Waals surface area contributed by atoms with Crippen LogP contribution in [-0.4, -0.2) is 39.6 Å². The summed E-state index contributed by atoms with van der Waals surface area (Å²) >= 11 is 0. The molecule has 1 N–H and O–H groups in total. The first-order chi connectivity index (χ1) is 13.9. The van der Waals surface area contributed by atoms with E-state index in [1.54, 1.807) is 28.4 Å². The quantitative estimate of drug-likeness (QED) is 0.598. The average molecular weight is 403 g/mol. The molecule has 0 aromatic heterocycles. The van der Waals surface area contributed by atoms with Gasteiger partial charge < -0.3 is 24.1 Å². The molecule has 0 aliphatic rings. The van der Waals surface area contributed by atoms with Crippen LogP contribution in [0.5, 0.6) is 23.0 Å². The molecule has 0 aliphatic heterocycles. The Labute approximate surface area is 174 Å². The number of methoxy groups -OCH3 is 4. The Morgan fingerprint density at radius 1 is 0.724 bits per heavy atom. The first-order valence-corrected chi connectivity index (χ1v) is 10.0. The zero-order valence-corrected chi connectivity index (χ0v) is 18.4. The van der Waals surface area contributed by atoms with Crippen LogP contribution in [0, 0.1) is 11.8 Å². The van der Waals surface area contributed by atoms with E-state index in [2.05, 4.69) is 19.9 Å². The molecule has 0 unspecified atom stereocenters. The lowest BCUT2D eigenvalue weighted by atomic mass is 9.84.